The van der Waals surface area contributed by atoms with Crippen molar-refractivity contribution in [2.45, 2.75) is 84.3 Å². The second kappa shape index (κ2) is 6.49. The molecule has 0 unspecified atom stereocenters. The van der Waals surface area contributed by atoms with Crippen LogP contribution in [0.3, 0.4) is 0 Å². The maximum absolute atomic E-state index is 11.0. The first-order valence-corrected chi connectivity index (χ1v) is 8.94. The van der Waals surface area contributed by atoms with Crippen LogP contribution in [0.5, 0.6) is 0 Å². The number of hydrogen-bond acceptors (Lipinski definition) is 2. The quantitative estimate of drug-likeness (QED) is 0.694. The van der Waals surface area contributed by atoms with Gasteiger partial charge in [0.25, 0.3) is 0 Å². The van der Waals surface area contributed by atoms with Crippen LogP contribution in [0.2, 0.25) is 0 Å². The number of aliphatic hydroxyl groups is 2. The molecule has 2 N–H and O–H groups in total. The van der Waals surface area contributed by atoms with E-state index in [9.17, 15) is 10.2 Å². The van der Waals surface area contributed by atoms with Crippen molar-refractivity contribution in [1.82, 2.24) is 0 Å². The molecule has 0 heterocycles. The lowest BCUT2D eigenvalue weighted by molar-refractivity contribution is -0.0453. The minimum Gasteiger partial charge on any atom is -0.390 e. The molecule has 0 spiro atoms. The molecule has 1 fully saturated rings. The fourth-order valence-electron chi connectivity index (χ4n) is 4.26. The predicted molar refractivity (Wildman–Crippen MR) is 92.6 cm³/mol. The van der Waals surface area contributed by atoms with Gasteiger partial charge in [-0.3, -0.25) is 0 Å². The van der Waals surface area contributed by atoms with Gasteiger partial charge in [-0.1, -0.05) is 37.1 Å². The third-order valence-electron chi connectivity index (χ3n) is 6.00. The molecular formula is C20H34O2. The molecule has 22 heavy (non-hydrogen) atoms. The van der Waals surface area contributed by atoms with Crippen molar-refractivity contribution < 1.29 is 10.2 Å². The monoisotopic (exact) mass is 306 g/mol. The molecule has 0 bridgehead atoms. The van der Waals surface area contributed by atoms with E-state index >= 15 is 0 Å². The van der Waals surface area contributed by atoms with Crippen LogP contribution in [-0.4, -0.2) is 21.4 Å². The highest BCUT2D eigenvalue weighted by Crippen LogP contribution is 2.48. The van der Waals surface area contributed by atoms with Crippen LogP contribution in [0.25, 0.3) is 0 Å². The van der Waals surface area contributed by atoms with E-state index in [-0.39, 0.29) is 11.8 Å². The van der Waals surface area contributed by atoms with Crippen molar-refractivity contribution in [3.63, 3.8) is 0 Å². The first-order valence-electron chi connectivity index (χ1n) is 8.94. The third kappa shape index (κ3) is 3.83. The molecule has 1 saturated carbocycles. The third-order valence-corrected chi connectivity index (χ3v) is 6.00. The molecule has 0 amide bonds. The summed E-state index contributed by atoms with van der Waals surface area (Å²) in [6.07, 6.45) is 10.2. The van der Waals surface area contributed by atoms with Gasteiger partial charge >= 0.3 is 0 Å². The van der Waals surface area contributed by atoms with Gasteiger partial charge in [0.05, 0.1) is 11.2 Å². The molecule has 0 radical (unpaired) electrons. The summed E-state index contributed by atoms with van der Waals surface area (Å²) in [7, 11) is 0. The molecule has 4 atom stereocenters. The smallest absolute Gasteiger partial charge is 0.0686 e. The van der Waals surface area contributed by atoms with Crippen molar-refractivity contribution >= 4 is 0 Å². The second-order valence-electron chi connectivity index (χ2n) is 8.37. The molecule has 2 aliphatic rings. The Morgan fingerprint density at radius 1 is 1.09 bits per heavy atom. The molecule has 0 aromatic heterocycles. The molecule has 126 valence electrons. The summed E-state index contributed by atoms with van der Waals surface area (Å²) in [6.45, 7) is 10.6. The Balaban J connectivity index is 2.42. The SMILES string of the molecule is C/C1=C\CC[C@@](C)(O)[C@@H]2CC[C@](C)(O)[C@H]2/C=C(\C(C)C)CC1. The molecule has 2 aliphatic carbocycles. The lowest BCUT2D eigenvalue weighted by Crippen LogP contribution is -2.41. The molecule has 0 saturated heterocycles. The van der Waals surface area contributed by atoms with Gasteiger partial charge in [-0.05, 0) is 71.1 Å². The van der Waals surface area contributed by atoms with E-state index in [0.29, 0.717) is 5.92 Å². The van der Waals surface area contributed by atoms with E-state index in [1.165, 1.54) is 11.1 Å². The molecule has 2 rings (SSSR count). The van der Waals surface area contributed by atoms with E-state index in [1.807, 2.05) is 13.8 Å². The Morgan fingerprint density at radius 2 is 1.77 bits per heavy atom. The van der Waals surface area contributed by atoms with E-state index in [1.54, 1.807) is 0 Å². The highest BCUT2D eigenvalue weighted by Gasteiger charge is 2.49. The standard InChI is InChI=1S/C20H34O2/c1-14(2)16-9-8-15(3)7-6-11-19(4,21)17-10-12-20(5,22)18(17)13-16/h7,13-14,17-18,21-22H,6,8-12H2,1-5H3/b15-7+,16-13-/t17-,18+,19-,20+/m1/s1. The summed E-state index contributed by atoms with van der Waals surface area (Å²) in [5, 5.41) is 21.9. The Labute approximate surface area is 136 Å². The van der Waals surface area contributed by atoms with Crippen molar-refractivity contribution in [2.75, 3.05) is 0 Å². The normalized spacial score (nSPS) is 45.5. The van der Waals surface area contributed by atoms with E-state index in [2.05, 4.69) is 32.9 Å². The molecule has 2 heteroatoms. The van der Waals surface area contributed by atoms with Gasteiger partial charge in [0.15, 0.2) is 0 Å². The fourth-order valence-corrected chi connectivity index (χ4v) is 4.26. The highest BCUT2D eigenvalue weighted by molar-refractivity contribution is 5.18. The van der Waals surface area contributed by atoms with Gasteiger partial charge < -0.3 is 10.2 Å². The Morgan fingerprint density at radius 3 is 2.41 bits per heavy atom. The predicted octanol–water partition coefficient (Wildman–Crippen LogP) is 4.62. The minimum absolute atomic E-state index is 0.0679. The van der Waals surface area contributed by atoms with Crippen LogP contribution in [0.1, 0.15) is 73.1 Å². The van der Waals surface area contributed by atoms with Crippen molar-refractivity contribution in [1.29, 1.82) is 0 Å². The summed E-state index contributed by atoms with van der Waals surface area (Å²) in [5.74, 6) is 0.719. The van der Waals surface area contributed by atoms with Gasteiger partial charge in [0.1, 0.15) is 0 Å². The Bertz CT molecular complexity index is 454. The van der Waals surface area contributed by atoms with Crippen molar-refractivity contribution in [3.8, 4) is 0 Å². The van der Waals surface area contributed by atoms with E-state index in [4.69, 9.17) is 0 Å². The number of fused-ring (bicyclic) bond motifs is 1. The zero-order valence-electron chi connectivity index (χ0n) is 15.0. The maximum atomic E-state index is 11.0. The van der Waals surface area contributed by atoms with Crippen molar-refractivity contribution in [2.24, 2.45) is 17.8 Å². The number of allylic oxidation sites excluding steroid dienone is 3. The largest absolute Gasteiger partial charge is 0.390 e. The molecule has 0 aliphatic heterocycles. The van der Waals surface area contributed by atoms with Crippen LogP contribution < -0.4 is 0 Å². The Kier molecular flexibility index (Phi) is 5.23. The average molecular weight is 306 g/mol. The molecule has 0 aromatic carbocycles. The lowest BCUT2D eigenvalue weighted by Gasteiger charge is -2.37. The average Bonchev–Trinajstić information content (AvgIpc) is 2.68. The van der Waals surface area contributed by atoms with E-state index < -0.39 is 11.2 Å². The fraction of sp³-hybridized carbons (Fsp3) is 0.800. The van der Waals surface area contributed by atoms with Crippen LogP contribution in [-0.2, 0) is 0 Å². The molecule has 0 aromatic rings. The second-order valence-corrected chi connectivity index (χ2v) is 8.37. The number of rotatable bonds is 1. The maximum Gasteiger partial charge on any atom is 0.0686 e. The molecule has 2 nitrogen and oxygen atoms in total. The first kappa shape index (κ1) is 17.7. The first-order chi connectivity index (χ1) is 10.1. The summed E-state index contributed by atoms with van der Waals surface area (Å²) < 4.78 is 0. The lowest BCUT2D eigenvalue weighted by atomic mass is 9.74. The zero-order valence-corrected chi connectivity index (χ0v) is 15.0. The van der Waals surface area contributed by atoms with Crippen LogP contribution >= 0.6 is 0 Å². The van der Waals surface area contributed by atoms with Crippen molar-refractivity contribution in [3.05, 3.63) is 23.3 Å². The van der Waals surface area contributed by atoms with Gasteiger partial charge in [-0.25, -0.2) is 0 Å². The van der Waals surface area contributed by atoms with Gasteiger partial charge in [-0.2, -0.15) is 0 Å². The van der Waals surface area contributed by atoms with Gasteiger partial charge in [-0.15, -0.1) is 0 Å². The number of hydrogen-bond donors (Lipinski definition) is 2. The summed E-state index contributed by atoms with van der Waals surface area (Å²) in [6, 6.07) is 0. The highest BCUT2D eigenvalue weighted by atomic mass is 16.3. The van der Waals surface area contributed by atoms with Crippen LogP contribution in [0, 0.1) is 17.8 Å². The van der Waals surface area contributed by atoms with Gasteiger partial charge in [0, 0.05) is 5.92 Å². The van der Waals surface area contributed by atoms with Crippen LogP contribution in [0.15, 0.2) is 23.3 Å². The zero-order chi connectivity index (χ0) is 16.5. The summed E-state index contributed by atoms with van der Waals surface area (Å²) >= 11 is 0. The van der Waals surface area contributed by atoms with Crippen LogP contribution in [0.4, 0.5) is 0 Å². The summed E-state index contributed by atoms with van der Waals surface area (Å²) in [5.41, 5.74) is 1.46. The molecular weight excluding hydrogens is 272 g/mol. The topological polar surface area (TPSA) is 40.5 Å². The minimum atomic E-state index is -0.704. The van der Waals surface area contributed by atoms with Gasteiger partial charge in [0.2, 0.25) is 0 Å². The Hall–Kier alpha value is -0.600. The summed E-state index contributed by atoms with van der Waals surface area (Å²) in [4.78, 5) is 0. The van der Waals surface area contributed by atoms with E-state index in [0.717, 1.165) is 38.5 Å².